The Morgan fingerprint density at radius 1 is 1.22 bits per heavy atom. The summed E-state index contributed by atoms with van der Waals surface area (Å²) in [6.07, 6.45) is 2.69. The summed E-state index contributed by atoms with van der Waals surface area (Å²) < 4.78 is 0. The minimum Gasteiger partial charge on any atom is -0.388 e. The summed E-state index contributed by atoms with van der Waals surface area (Å²) in [4.78, 5) is 4.00. The maximum atomic E-state index is 10.3. The van der Waals surface area contributed by atoms with Crippen molar-refractivity contribution in [1.82, 2.24) is 4.98 Å². The average molecular weight is 282 g/mol. The quantitative estimate of drug-likeness (QED) is 0.914. The van der Waals surface area contributed by atoms with Gasteiger partial charge in [0.15, 0.2) is 0 Å². The lowest BCUT2D eigenvalue weighted by molar-refractivity contribution is 0.151. The summed E-state index contributed by atoms with van der Waals surface area (Å²) in [5.41, 5.74) is 1.65. The van der Waals surface area contributed by atoms with E-state index in [1.807, 2.05) is 19.1 Å². The molecule has 1 N–H and O–H groups in total. The lowest BCUT2D eigenvalue weighted by Gasteiger charge is -2.20. The number of benzene rings is 1. The number of aromatic nitrogens is 1. The Balaban J connectivity index is 2.28. The number of aliphatic hydroxyl groups is 1. The third-order valence-electron chi connectivity index (χ3n) is 2.95. The topological polar surface area (TPSA) is 33.1 Å². The lowest BCUT2D eigenvalue weighted by Crippen LogP contribution is -2.08. The molecule has 0 aliphatic carbocycles. The van der Waals surface area contributed by atoms with Gasteiger partial charge in [-0.3, -0.25) is 4.98 Å². The molecule has 2 aromatic rings. The maximum absolute atomic E-state index is 10.3. The van der Waals surface area contributed by atoms with Crippen molar-refractivity contribution in [1.29, 1.82) is 0 Å². The molecule has 0 amide bonds. The second kappa shape index (κ2) is 5.70. The number of hydrogen-bond acceptors (Lipinski definition) is 2. The summed E-state index contributed by atoms with van der Waals surface area (Å²) >= 11 is 12.0. The molecule has 18 heavy (non-hydrogen) atoms. The molecule has 0 saturated carbocycles. The summed E-state index contributed by atoms with van der Waals surface area (Å²) in [6.45, 7) is 1.92. The van der Waals surface area contributed by atoms with Crippen molar-refractivity contribution in [2.24, 2.45) is 0 Å². The molecular weight excluding hydrogens is 269 g/mol. The van der Waals surface area contributed by atoms with Crippen molar-refractivity contribution in [2.45, 2.75) is 18.9 Å². The molecule has 2 atom stereocenters. The molecule has 94 valence electrons. The Hall–Kier alpha value is -1.09. The van der Waals surface area contributed by atoms with Crippen LogP contribution in [-0.2, 0) is 0 Å². The monoisotopic (exact) mass is 281 g/mol. The van der Waals surface area contributed by atoms with Gasteiger partial charge in [-0.2, -0.15) is 0 Å². The first-order valence-electron chi connectivity index (χ1n) is 5.62. The zero-order valence-corrected chi connectivity index (χ0v) is 11.4. The van der Waals surface area contributed by atoms with E-state index in [1.165, 1.54) is 0 Å². The van der Waals surface area contributed by atoms with Gasteiger partial charge in [-0.25, -0.2) is 0 Å². The molecule has 0 aliphatic rings. The highest BCUT2D eigenvalue weighted by molar-refractivity contribution is 6.35. The van der Waals surface area contributed by atoms with E-state index in [2.05, 4.69) is 4.98 Å². The second-order valence-corrected chi connectivity index (χ2v) is 5.03. The predicted molar refractivity (Wildman–Crippen MR) is 74.1 cm³/mol. The molecule has 0 radical (unpaired) electrons. The van der Waals surface area contributed by atoms with Crippen molar-refractivity contribution < 1.29 is 5.11 Å². The van der Waals surface area contributed by atoms with Crippen LogP contribution >= 0.6 is 23.2 Å². The Morgan fingerprint density at radius 3 is 2.61 bits per heavy atom. The van der Waals surface area contributed by atoms with Gasteiger partial charge < -0.3 is 5.11 Å². The van der Waals surface area contributed by atoms with E-state index in [0.29, 0.717) is 10.0 Å². The molecule has 2 rings (SSSR count). The largest absolute Gasteiger partial charge is 0.388 e. The van der Waals surface area contributed by atoms with E-state index >= 15 is 0 Å². The van der Waals surface area contributed by atoms with E-state index in [4.69, 9.17) is 23.2 Å². The Kier molecular flexibility index (Phi) is 4.23. The van der Waals surface area contributed by atoms with Gasteiger partial charge in [0, 0.05) is 28.4 Å². The van der Waals surface area contributed by atoms with Gasteiger partial charge in [0.1, 0.15) is 0 Å². The van der Waals surface area contributed by atoms with Crippen LogP contribution in [0.4, 0.5) is 0 Å². The fraction of sp³-hybridized carbons (Fsp3) is 0.214. The first kappa shape index (κ1) is 13.3. The maximum Gasteiger partial charge on any atom is 0.0871 e. The van der Waals surface area contributed by atoms with E-state index in [1.54, 1.807) is 30.6 Å². The molecule has 4 heteroatoms. The van der Waals surface area contributed by atoms with Crippen LogP contribution in [0.2, 0.25) is 10.0 Å². The van der Waals surface area contributed by atoms with E-state index < -0.39 is 6.10 Å². The number of aliphatic hydroxyl groups excluding tert-OH is 1. The molecule has 1 heterocycles. The highest BCUT2D eigenvalue weighted by Crippen LogP contribution is 2.35. The van der Waals surface area contributed by atoms with Crippen LogP contribution in [0.3, 0.4) is 0 Å². The first-order chi connectivity index (χ1) is 8.59. The SMILES string of the molecule is CC(c1ccc(Cl)cc1Cl)C(O)c1cccnc1. The summed E-state index contributed by atoms with van der Waals surface area (Å²) in [6, 6.07) is 8.95. The van der Waals surface area contributed by atoms with Crippen LogP contribution in [0.5, 0.6) is 0 Å². The molecule has 1 aromatic heterocycles. The van der Waals surface area contributed by atoms with Crippen molar-refractivity contribution in [2.75, 3.05) is 0 Å². The zero-order valence-electron chi connectivity index (χ0n) is 9.85. The van der Waals surface area contributed by atoms with Gasteiger partial charge in [0.25, 0.3) is 0 Å². The summed E-state index contributed by atoms with van der Waals surface area (Å²) in [5.74, 6) is -0.126. The standard InChI is InChI=1S/C14H13Cl2NO/c1-9(12-5-4-11(15)7-13(12)16)14(18)10-3-2-6-17-8-10/h2-9,14,18H,1H3. The van der Waals surface area contributed by atoms with Crippen LogP contribution < -0.4 is 0 Å². The molecular formula is C14H13Cl2NO. The number of hydrogen-bond donors (Lipinski definition) is 1. The van der Waals surface area contributed by atoms with E-state index in [0.717, 1.165) is 11.1 Å². The predicted octanol–water partition coefficient (Wildman–Crippen LogP) is 4.23. The zero-order chi connectivity index (χ0) is 13.1. The van der Waals surface area contributed by atoms with Crippen molar-refractivity contribution in [3.8, 4) is 0 Å². The Bertz CT molecular complexity index is 531. The van der Waals surface area contributed by atoms with Crippen LogP contribution in [-0.4, -0.2) is 10.1 Å². The van der Waals surface area contributed by atoms with Crippen molar-refractivity contribution in [3.05, 3.63) is 63.9 Å². The van der Waals surface area contributed by atoms with Gasteiger partial charge >= 0.3 is 0 Å². The average Bonchev–Trinajstić information content (AvgIpc) is 2.38. The first-order valence-corrected chi connectivity index (χ1v) is 6.38. The molecule has 0 fully saturated rings. The van der Waals surface area contributed by atoms with Gasteiger partial charge in [-0.15, -0.1) is 0 Å². The van der Waals surface area contributed by atoms with Crippen LogP contribution in [0.15, 0.2) is 42.7 Å². The number of pyridine rings is 1. The highest BCUT2D eigenvalue weighted by atomic mass is 35.5. The molecule has 1 aromatic carbocycles. The third-order valence-corrected chi connectivity index (χ3v) is 3.52. The second-order valence-electron chi connectivity index (χ2n) is 4.19. The molecule has 0 aliphatic heterocycles. The smallest absolute Gasteiger partial charge is 0.0871 e. The van der Waals surface area contributed by atoms with Crippen molar-refractivity contribution >= 4 is 23.2 Å². The Morgan fingerprint density at radius 2 is 2.00 bits per heavy atom. The van der Waals surface area contributed by atoms with Gasteiger partial charge in [-0.05, 0) is 29.3 Å². The fourth-order valence-corrected chi connectivity index (χ4v) is 2.46. The van der Waals surface area contributed by atoms with Gasteiger partial charge in [0.2, 0.25) is 0 Å². The van der Waals surface area contributed by atoms with Crippen LogP contribution in [0.25, 0.3) is 0 Å². The third kappa shape index (κ3) is 2.83. The molecule has 2 nitrogen and oxygen atoms in total. The van der Waals surface area contributed by atoms with Gasteiger partial charge in [-0.1, -0.05) is 42.3 Å². The molecule has 2 unspecified atom stereocenters. The lowest BCUT2D eigenvalue weighted by atomic mass is 9.91. The summed E-state index contributed by atoms with van der Waals surface area (Å²) in [5, 5.41) is 11.5. The number of rotatable bonds is 3. The fourth-order valence-electron chi connectivity index (χ4n) is 1.88. The van der Waals surface area contributed by atoms with Gasteiger partial charge in [0.05, 0.1) is 6.10 Å². The molecule has 0 saturated heterocycles. The molecule has 0 bridgehead atoms. The number of nitrogens with zero attached hydrogens (tertiary/aromatic N) is 1. The summed E-state index contributed by atoms with van der Waals surface area (Å²) in [7, 11) is 0. The number of halogens is 2. The minimum absolute atomic E-state index is 0.126. The van der Waals surface area contributed by atoms with E-state index in [-0.39, 0.29) is 5.92 Å². The molecule has 0 spiro atoms. The Labute approximate surface area is 116 Å². The van der Waals surface area contributed by atoms with Crippen molar-refractivity contribution in [3.63, 3.8) is 0 Å². The van der Waals surface area contributed by atoms with Crippen LogP contribution in [0, 0.1) is 0 Å². The van der Waals surface area contributed by atoms with E-state index in [9.17, 15) is 5.11 Å². The normalized spacial score (nSPS) is 14.2. The van der Waals surface area contributed by atoms with Crippen LogP contribution in [0.1, 0.15) is 30.1 Å². The minimum atomic E-state index is -0.641. The highest BCUT2D eigenvalue weighted by Gasteiger charge is 2.20.